The Balaban J connectivity index is 1.59. The summed E-state index contributed by atoms with van der Waals surface area (Å²) in [6.45, 7) is 1.86. The lowest BCUT2D eigenvalue weighted by molar-refractivity contribution is -0.121. The first-order chi connectivity index (χ1) is 12.4. The molecule has 1 saturated carbocycles. The standard InChI is InChI=1S/C18H24F2N4OS/c1-24(2)7-6-21-13-5-3-4-11(8-13)17(25)23-18-22-16-14(20)9-12(19)10-15(16)26-18/h9-11,13,21H,3-8H2,1-2H3,(H,22,23,25)/t11-,13+/m0/s1. The molecule has 5 nitrogen and oxygen atoms in total. The molecule has 0 bridgehead atoms. The Bertz CT molecular complexity index is 780. The molecule has 8 heteroatoms. The van der Waals surface area contributed by atoms with Crippen LogP contribution >= 0.6 is 11.3 Å². The van der Waals surface area contributed by atoms with Gasteiger partial charge in [-0.15, -0.1) is 0 Å². The largest absolute Gasteiger partial charge is 0.313 e. The lowest BCUT2D eigenvalue weighted by atomic mass is 9.85. The Hall–Kier alpha value is -1.64. The molecule has 3 rings (SSSR count). The zero-order chi connectivity index (χ0) is 18.7. The number of hydrogen-bond donors (Lipinski definition) is 2. The number of fused-ring (bicyclic) bond motifs is 1. The third-order valence-electron chi connectivity index (χ3n) is 4.68. The summed E-state index contributed by atoms with van der Waals surface area (Å²) >= 11 is 1.09. The van der Waals surface area contributed by atoms with E-state index in [1.807, 2.05) is 14.1 Å². The molecule has 0 radical (unpaired) electrons. The first-order valence-electron chi connectivity index (χ1n) is 8.87. The zero-order valence-electron chi connectivity index (χ0n) is 15.0. The van der Waals surface area contributed by atoms with Crippen molar-refractivity contribution in [2.45, 2.75) is 31.7 Å². The van der Waals surface area contributed by atoms with E-state index >= 15 is 0 Å². The van der Waals surface area contributed by atoms with Gasteiger partial charge in [-0.2, -0.15) is 0 Å². The number of likely N-dealkylation sites (N-methyl/N-ethyl adjacent to an activating group) is 1. The molecule has 142 valence electrons. The number of nitrogens with one attached hydrogen (secondary N) is 2. The predicted octanol–water partition coefficient (Wildman–Crippen LogP) is 3.22. The topological polar surface area (TPSA) is 57.3 Å². The summed E-state index contributed by atoms with van der Waals surface area (Å²) in [5.41, 5.74) is 0.0959. The van der Waals surface area contributed by atoms with Crippen LogP contribution < -0.4 is 10.6 Å². The van der Waals surface area contributed by atoms with E-state index in [2.05, 4.69) is 20.5 Å². The number of aromatic nitrogens is 1. The summed E-state index contributed by atoms with van der Waals surface area (Å²) in [6.07, 6.45) is 3.69. The second-order valence-corrected chi connectivity index (χ2v) is 8.09. The summed E-state index contributed by atoms with van der Waals surface area (Å²) < 4.78 is 27.4. The van der Waals surface area contributed by atoms with E-state index in [-0.39, 0.29) is 17.3 Å². The maximum Gasteiger partial charge on any atom is 0.229 e. The average Bonchev–Trinajstić information content (AvgIpc) is 2.97. The van der Waals surface area contributed by atoms with Crippen LogP contribution in [0.2, 0.25) is 0 Å². The summed E-state index contributed by atoms with van der Waals surface area (Å²) in [5, 5.41) is 6.61. The lowest BCUT2D eigenvalue weighted by Gasteiger charge is -2.29. The molecule has 1 fully saturated rings. The fraction of sp³-hybridized carbons (Fsp3) is 0.556. The maximum absolute atomic E-state index is 13.8. The molecule has 2 N–H and O–H groups in total. The Labute approximate surface area is 155 Å². The van der Waals surface area contributed by atoms with Crippen LogP contribution in [0.5, 0.6) is 0 Å². The molecule has 0 unspecified atom stereocenters. The van der Waals surface area contributed by atoms with E-state index in [1.165, 1.54) is 6.07 Å². The van der Waals surface area contributed by atoms with E-state index in [4.69, 9.17) is 0 Å². The second-order valence-electron chi connectivity index (χ2n) is 7.06. The Morgan fingerprint density at radius 3 is 2.92 bits per heavy atom. The highest BCUT2D eigenvalue weighted by Gasteiger charge is 2.27. The number of rotatable bonds is 6. The number of anilines is 1. The van der Waals surface area contributed by atoms with E-state index in [0.717, 1.165) is 56.2 Å². The zero-order valence-corrected chi connectivity index (χ0v) is 15.8. The Morgan fingerprint density at radius 1 is 1.35 bits per heavy atom. The molecule has 2 aromatic rings. The van der Waals surface area contributed by atoms with Gasteiger partial charge in [0, 0.05) is 31.1 Å². The number of halogens is 2. The number of carbonyl (C=O) groups excluding carboxylic acids is 1. The molecule has 0 aliphatic heterocycles. The van der Waals surface area contributed by atoms with Gasteiger partial charge < -0.3 is 15.5 Å². The number of benzene rings is 1. The van der Waals surface area contributed by atoms with Crippen LogP contribution in [-0.2, 0) is 4.79 Å². The van der Waals surface area contributed by atoms with E-state index in [0.29, 0.717) is 15.9 Å². The van der Waals surface area contributed by atoms with Crippen molar-refractivity contribution in [3.63, 3.8) is 0 Å². The van der Waals surface area contributed by atoms with Crippen LogP contribution in [0, 0.1) is 17.6 Å². The molecule has 2 atom stereocenters. The number of hydrogen-bond acceptors (Lipinski definition) is 5. The predicted molar refractivity (Wildman–Crippen MR) is 100 cm³/mol. The minimum Gasteiger partial charge on any atom is -0.313 e. The average molecular weight is 382 g/mol. The van der Waals surface area contributed by atoms with Crippen molar-refractivity contribution in [3.05, 3.63) is 23.8 Å². The highest BCUT2D eigenvalue weighted by molar-refractivity contribution is 7.22. The first-order valence-corrected chi connectivity index (χ1v) is 9.68. The SMILES string of the molecule is CN(C)CCN[C@@H]1CCC[C@H](C(=O)Nc2nc3c(F)cc(F)cc3s2)C1. The quantitative estimate of drug-likeness (QED) is 0.805. The van der Waals surface area contributed by atoms with Crippen LogP contribution in [0.25, 0.3) is 10.2 Å². The van der Waals surface area contributed by atoms with Crippen molar-refractivity contribution >= 4 is 32.6 Å². The van der Waals surface area contributed by atoms with Crippen molar-refractivity contribution < 1.29 is 13.6 Å². The molecule has 1 heterocycles. The van der Waals surface area contributed by atoms with Gasteiger partial charge in [-0.05, 0) is 39.4 Å². The van der Waals surface area contributed by atoms with Gasteiger partial charge in [0.1, 0.15) is 11.3 Å². The summed E-state index contributed by atoms with van der Waals surface area (Å²) in [4.78, 5) is 18.8. The van der Waals surface area contributed by atoms with Crippen molar-refractivity contribution in [3.8, 4) is 0 Å². The summed E-state index contributed by atoms with van der Waals surface area (Å²) in [6, 6.07) is 2.37. The van der Waals surface area contributed by atoms with E-state index in [1.54, 1.807) is 0 Å². The van der Waals surface area contributed by atoms with Crippen LogP contribution in [0.3, 0.4) is 0 Å². The third kappa shape index (κ3) is 4.75. The monoisotopic (exact) mass is 382 g/mol. The normalized spacial score (nSPS) is 20.7. The van der Waals surface area contributed by atoms with Gasteiger partial charge in [-0.3, -0.25) is 4.79 Å². The molecular weight excluding hydrogens is 358 g/mol. The second kappa shape index (κ2) is 8.37. The Kier molecular flexibility index (Phi) is 6.16. The molecule has 26 heavy (non-hydrogen) atoms. The van der Waals surface area contributed by atoms with Crippen LogP contribution in [-0.4, -0.2) is 49.0 Å². The molecule has 1 aromatic heterocycles. The first kappa shape index (κ1) is 19.1. The van der Waals surface area contributed by atoms with Crippen molar-refractivity contribution in [1.82, 2.24) is 15.2 Å². The van der Waals surface area contributed by atoms with E-state index < -0.39 is 11.6 Å². The van der Waals surface area contributed by atoms with Gasteiger partial charge in [0.2, 0.25) is 5.91 Å². The fourth-order valence-corrected chi connectivity index (χ4v) is 4.23. The maximum atomic E-state index is 13.8. The molecule has 0 saturated heterocycles. The number of amides is 1. The van der Waals surface area contributed by atoms with Gasteiger partial charge in [-0.1, -0.05) is 17.8 Å². The van der Waals surface area contributed by atoms with Gasteiger partial charge in [-0.25, -0.2) is 13.8 Å². The van der Waals surface area contributed by atoms with Gasteiger partial charge >= 0.3 is 0 Å². The summed E-state index contributed by atoms with van der Waals surface area (Å²) in [7, 11) is 4.07. The van der Waals surface area contributed by atoms with Gasteiger partial charge in [0.05, 0.1) is 4.70 Å². The highest BCUT2D eigenvalue weighted by Crippen LogP contribution is 2.30. The van der Waals surface area contributed by atoms with Gasteiger partial charge in [0.15, 0.2) is 10.9 Å². The fourth-order valence-electron chi connectivity index (χ4n) is 3.32. The molecular formula is C18H24F2N4OS. The minimum atomic E-state index is -0.709. The van der Waals surface area contributed by atoms with Crippen LogP contribution in [0.4, 0.5) is 13.9 Å². The number of carbonyl (C=O) groups is 1. The highest BCUT2D eigenvalue weighted by atomic mass is 32.1. The molecule has 1 aliphatic carbocycles. The minimum absolute atomic E-state index is 0.0887. The van der Waals surface area contributed by atoms with Crippen molar-refractivity contribution in [2.24, 2.45) is 5.92 Å². The Morgan fingerprint density at radius 2 is 2.15 bits per heavy atom. The van der Waals surface area contributed by atoms with Crippen LogP contribution in [0.1, 0.15) is 25.7 Å². The van der Waals surface area contributed by atoms with Gasteiger partial charge in [0.25, 0.3) is 0 Å². The summed E-state index contributed by atoms with van der Waals surface area (Å²) in [5.74, 6) is -1.53. The number of thiazole rings is 1. The smallest absolute Gasteiger partial charge is 0.229 e. The molecule has 1 aliphatic rings. The van der Waals surface area contributed by atoms with E-state index in [9.17, 15) is 13.6 Å². The molecule has 1 amide bonds. The molecule has 1 aromatic carbocycles. The van der Waals surface area contributed by atoms with Crippen molar-refractivity contribution in [1.29, 1.82) is 0 Å². The lowest BCUT2D eigenvalue weighted by Crippen LogP contribution is -2.40. The van der Waals surface area contributed by atoms with Crippen LogP contribution in [0.15, 0.2) is 12.1 Å². The molecule has 0 spiro atoms. The van der Waals surface area contributed by atoms with Crippen molar-refractivity contribution in [2.75, 3.05) is 32.5 Å². The number of nitrogens with zero attached hydrogens (tertiary/aromatic N) is 2. The third-order valence-corrected chi connectivity index (χ3v) is 5.60.